The average molecular weight is 192 g/mol. The van der Waals surface area contributed by atoms with E-state index >= 15 is 0 Å². The number of rotatable bonds is 1. The largest absolute Gasteiger partial charge is 0.270 e. The number of hydrogen-bond donors (Lipinski definition) is 0. The Balaban J connectivity index is 2.25. The van der Waals surface area contributed by atoms with E-state index in [-0.39, 0.29) is 6.42 Å². The van der Waals surface area contributed by atoms with Gasteiger partial charge < -0.3 is 0 Å². The molecule has 0 saturated carbocycles. The van der Waals surface area contributed by atoms with Crippen LogP contribution in [0, 0.1) is 0 Å². The molecular weight excluding hydrogens is 182 g/mol. The van der Waals surface area contributed by atoms with Crippen molar-refractivity contribution in [3.05, 3.63) is 54.1 Å². The molecule has 0 aliphatic heterocycles. The zero-order valence-corrected chi connectivity index (χ0v) is 7.58. The summed E-state index contributed by atoms with van der Waals surface area (Å²) in [5.41, 5.74) is 1.86. The molecular formula is C12H10F2. The SMILES string of the molecule is FC1(F)C=CC(c2ccccc2)=CC1. The molecule has 0 N–H and O–H groups in total. The highest BCUT2D eigenvalue weighted by Crippen LogP contribution is 2.30. The van der Waals surface area contributed by atoms with Crippen LogP contribution >= 0.6 is 0 Å². The van der Waals surface area contributed by atoms with Crippen LogP contribution in [0.5, 0.6) is 0 Å². The highest BCUT2D eigenvalue weighted by Gasteiger charge is 2.26. The molecule has 0 bridgehead atoms. The fourth-order valence-electron chi connectivity index (χ4n) is 1.44. The van der Waals surface area contributed by atoms with Crippen LogP contribution in [0.25, 0.3) is 5.57 Å². The van der Waals surface area contributed by atoms with Crippen LogP contribution in [0.3, 0.4) is 0 Å². The maximum Gasteiger partial charge on any atom is 0.270 e. The van der Waals surface area contributed by atoms with Crippen molar-refractivity contribution < 1.29 is 8.78 Å². The predicted octanol–water partition coefficient (Wildman–Crippen LogP) is 3.67. The monoisotopic (exact) mass is 192 g/mol. The summed E-state index contributed by atoms with van der Waals surface area (Å²) in [6.45, 7) is 0. The van der Waals surface area contributed by atoms with E-state index in [0.717, 1.165) is 17.2 Å². The lowest BCUT2D eigenvalue weighted by Gasteiger charge is -2.15. The molecule has 0 aromatic heterocycles. The zero-order chi connectivity index (χ0) is 10.0. The molecule has 0 amide bonds. The van der Waals surface area contributed by atoms with Gasteiger partial charge in [0.1, 0.15) is 0 Å². The summed E-state index contributed by atoms with van der Waals surface area (Å²) in [4.78, 5) is 0. The minimum absolute atomic E-state index is 0.201. The molecule has 14 heavy (non-hydrogen) atoms. The molecule has 2 heteroatoms. The Morgan fingerprint density at radius 2 is 1.79 bits per heavy atom. The van der Waals surface area contributed by atoms with Gasteiger partial charge in [-0.25, -0.2) is 8.78 Å². The summed E-state index contributed by atoms with van der Waals surface area (Å²) in [6.07, 6.45) is 3.83. The number of alkyl halides is 2. The molecule has 2 rings (SSSR count). The molecule has 1 aromatic rings. The molecule has 1 aliphatic carbocycles. The zero-order valence-electron chi connectivity index (χ0n) is 7.58. The van der Waals surface area contributed by atoms with Crippen LogP contribution in [0.1, 0.15) is 12.0 Å². The fourth-order valence-corrected chi connectivity index (χ4v) is 1.44. The van der Waals surface area contributed by atoms with Gasteiger partial charge in [-0.05, 0) is 17.2 Å². The van der Waals surface area contributed by atoms with Gasteiger partial charge in [0.2, 0.25) is 0 Å². The average Bonchev–Trinajstić information content (AvgIpc) is 2.19. The van der Waals surface area contributed by atoms with E-state index in [0.29, 0.717) is 0 Å². The van der Waals surface area contributed by atoms with Crippen molar-refractivity contribution in [1.82, 2.24) is 0 Å². The minimum Gasteiger partial charge on any atom is -0.202 e. The quantitative estimate of drug-likeness (QED) is 0.636. The van der Waals surface area contributed by atoms with Gasteiger partial charge in [0.15, 0.2) is 0 Å². The standard InChI is InChI=1S/C12H10F2/c13-12(14)8-6-11(7-9-12)10-4-2-1-3-5-10/h1-8H,9H2. The summed E-state index contributed by atoms with van der Waals surface area (Å²) in [6, 6.07) is 9.54. The summed E-state index contributed by atoms with van der Waals surface area (Å²) in [5.74, 6) is -2.67. The van der Waals surface area contributed by atoms with Gasteiger partial charge in [-0.1, -0.05) is 42.5 Å². The molecule has 0 fully saturated rings. The third kappa shape index (κ3) is 1.90. The Morgan fingerprint density at radius 1 is 1.07 bits per heavy atom. The molecule has 0 atom stereocenters. The lowest BCUT2D eigenvalue weighted by atomic mass is 9.98. The fraction of sp³-hybridized carbons (Fsp3) is 0.167. The predicted molar refractivity (Wildman–Crippen MR) is 53.1 cm³/mol. The van der Waals surface area contributed by atoms with Gasteiger partial charge in [-0.2, -0.15) is 0 Å². The van der Waals surface area contributed by atoms with Crippen LogP contribution in [0.2, 0.25) is 0 Å². The minimum atomic E-state index is -2.67. The van der Waals surface area contributed by atoms with Gasteiger partial charge in [0.05, 0.1) is 0 Å². The smallest absolute Gasteiger partial charge is 0.202 e. The molecule has 0 heterocycles. The Bertz CT molecular complexity index is 375. The molecule has 72 valence electrons. The third-order valence-electron chi connectivity index (χ3n) is 2.21. The highest BCUT2D eigenvalue weighted by atomic mass is 19.3. The first-order chi connectivity index (χ1) is 6.67. The molecule has 0 spiro atoms. The van der Waals surface area contributed by atoms with E-state index in [1.807, 2.05) is 30.3 Å². The summed E-state index contributed by atoms with van der Waals surface area (Å²) in [5, 5.41) is 0. The van der Waals surface area contributed by atoms with Crippen molar-refractivity contribution in [2.45, 2.75) is 12.3 Å². The first-order valence-corrected chi connectivity index (χ1v) is 4.50. The van der Waals surface area contributed by atoms with Crippen LogP contribution in [-0.4, -0.2) is 5.92 Å². The van der Waals surface area contributed by atoms with Crippen molar-refractivity contribution in [2.75, 3.05) is 0 Å². The number of benzene rings is 1. The van der Waals surface area contributed by atoms with Crippen LogP contribution < -0.4 is 0 Å². The van der Waals surface area contributed by atoms with Crippen molar-refractivity contribution >= 4 is 5.57 Å². The van der Waals surface area contributed by atoms with Crippen molar-refractivity contribution in [2.24, 2.45) is 0 Å². The van der Waals surface area contributed by atoms with Crippen molar-refractivity contribution in [3.8, 4) is 0 Å². The number of halogens is 2. The number of hydrogen-bond acceptors (Lipinski definition) is 0. The van der Waals surface area contributed by atoms with Crippen LogP contribution in [0.15, 0.2) is 48.6 Å². The summed E-state index contributed by atoms with van der Waals surface area (Å²) >= 11 is 0. The molecule has 0 nitrogen and oxygen atoms in total. The first kappa shape index (κ1) is 9.13. The second-order valence-corrected chi connectivity index (χ2v) is 3.32. The lowest BCUT2D eigenvalue weighted by molar-refractivity contribution is 0.0579. The highest BCUT2D eigenvalue weighted by molar-refractivity contribution is 5.75. The Morgan fingerprint density at radius 3 is 2.36 bits per heavy atom. The Labute approximate surface area is 81.6 Å². The van der Waals surface area contributed by atoms with E-state index in [4.69, 9.17) is 0 Å². The van der Waals surface area contributed by atoms with Gasteiger partial charge in [-0.15, -0.1) is 0 Å². The van der Waals surface area contributed by atoms with Crippen molar-refractivity contribution in [3.63, 3.8) is 0 Å². The second-order valence-electron chi connectivity index (χ2n) is 3.32. The summed E-state index contributed by atoms with van der Waals surface area (Å²) < 4.78 is 25.5. The second kappa shape index (κ2) is 3.37. The van der Waals surface area contributed by atoms with Crippen molar-refractivity contribution in [1.29, 1.82) is 0 Å². The molecule has 0 radical (unpaired) electrons. The van der Waals surface area contributed by atoms with E-state index in [9.17, 15) is 8.78 Å². The maximum atomic E-state index is 12.8. The number of allylic oxidation sites excluding steroid dienone is 4. The van der Waals surface area contributed by atoms with Gasteiger partial charge in [0.25, 0.3) is 5.92 Å². The van der Waals surface area contributed by atoms with E-state index in [2.05, 4.69) is 0 Å². The first-order valence-electron chi connectivity index (χ1n) is 4.50. The Hall–Kier alpha value is -1.44. The molecule has 0 unspecified atom stereocenters. The molecule has 0 saturated heterocycles. The Kier molecular flexibility index (Phi) is 2.20. The van der Waals surface area contributed by atoms with E-state index < -0.39 is 5.92 Å². The van der Waals surface area contributed by atoms with Gasteiger partial charge >= 0.3 is 0 Å². The maximum absolute atomic E-state index is 12.8. The lowest BCUT2D eigenvalue weighted by Crippen LogP contribution is -2.12. The van der Waals surface area contributed by atoms with Gasteiger partial charge in [-0.3, -0.25) is 0 Å². The van der Waals surface area contributed by atoms with Crippen LogP contribution in [0.4, 0.5) is 8.78 Å². The summed E-state index contributed by atoms with van der Waals surface area (Å²) in [7, 11) is 0. The normalized spacial score (nSPS) is 19.1. The van der Waals surface area contributed by atoms with E-state index in [1.54, 1.807) is 6.08 Å². The topological polar surface area (TPSA) is 0 Å². The third-order valence-corrected chi connectivity index (χ3v) is 2.21. The van der Waals surface area contributed by atoms with Crippen LogP contribution in [-0.2, 0) is 0 Å². The molecule has 1 aromatic carbocycles. The van der Waals surface area contributed by atoms with E-state index in [1.165, 1.54) is 6.08 Å². The van der Waals surface area contributed by atoms with Gasteiger partial charge in [0, 0.05) is 6.42 Å². The molecule has 1 aliphatic rings.